The van der Waals surface area contributed by atoms with Gasteiger partial charge in [0.1, 0.15) is 0 Å². The van der Waals surface area contributed by atoms with E-state index in [1.165, 1.54) is 0 Å². The fraction of sp³-hybridized carbons (Fsp3) is 0.889. The third kappa shape index (κ3) is 1.56. The molecule has 0 radical (unpaired) electrons. The Balaban J connectivity index is 2.11. The first-order chi connectivity index (χ1) is 6.23. The molecule has 2 rings (SSSR count). The van der Waals surface area contributed by atoms with Crippen molar-refractivity contribution in [3.63, 3.8) is 0 Å². The van der Waals surface area contributed by atoms with Crippen molar-refractivity contribution in [3.8, 4) is 0 Å². The number of rotatable bonds is 0. The molecule has 2 saturated heterocycles. The van der Waals surface area contributed by atoms with Crippen LogP contribution in [-0.2, 0) is 9.53 Å². The highest BCUT2D eigenvalue weighted by molar-refractivity contribution is 5.83. The van der Waals surface area contributed by atoms with Crippen LogP contribution >= 0.6 is 0 Å². The number of amides is 1. The van der Waals surface area contributed by atoms with E-state index in [0.29, 0.717) is 26.2 Å². The highest BCUT2D eigenvalue weighted by Crippen LogP contribution is 2.37. The maximum absolute atomic E-state index is 11.6. The Bertz CT molecular complexity index is 211. The second kappa shape index (κ2) is 3.27. The van der Waals surface area contributed by atoms with Crippen LogP contribution in [-0.4, -0.2) is 36.9 Å². The van der Waals surface area contributed by atoms with Crippen LogP contribution in [0.3, 0.4) is 0 Å². The number of carbonyl (C=O) groups is 1. The van der Waals surface area contributed by atoms with E-state index in [1.807, 2.05) is 0 Å². The van der Waals surface area contributed by atoms with Gasteiger partial charge in [-0.25, -0.2) is 0 Å². The minimum absolute atomic E-state index is 0.0982. The highest BCUT2D eigenvalue weighted by Gasteiger charge is 2.44. The van der Waals surface area contributed by atoms with Gasteiger partial charge in [-0.3, -0.25) is 4.79 Å². The summed E-state index contributed by atoms with van der Waals surface area (Å²) in [5, 5.41) is 12.2. The molecule has 2 fully saturated rings. The van der Waals surface area contributed by atoms with Gasteiger partial charge in [0.2, 0.25) is 5.91 Å². The van der Waals surface area contributed by atoms with Gasteiger partial charge in [0, 0.05) is 19.8 Å². The van der Waals surface area contributed by atoms with Crippen LogP contribution in [0.5, 0.6) is 0 Å². The molecule has 0 aromatic carbocycles. The predicted molar refractivity (Wildman–Crippen MR) is 46.1 cm³/mol. The van der Waals surface area contributed by atoms with Crippen LogP contribution in [0.15, 0.2) is 0 Å². The number of piperidine rings is 1. The highest BCUT2D eigenvalue weighted by atomic mass is 16.5. The van der Waals surface area contributed by atoms with Crippen molar-refractivity contribution in [2.75, 3.05) is 19.8 Å². The molecule has 74 valence electrons. The minimum atomic E-state index is -0.379. The number of aliphatic hydroxyl groups excluding tert-OH is 1. The summed E-state index contributed by atoms with van der Waals surface area (Å²) < 4.78 is 5.22. The van der Waals surface area contributed by atoms with Gasteiger partial charge < -0.3 is 15.2 Å². The summed E-state index contributed by atoms with van der Waals surface area (Å²) in [7, 11) is 0. The molecule has 2 N–H and O–H groups in total. The zero-order chi connectivity index (χ0) is 9.31. The summed E-state index contributed by atoms with van der Waals surface area (Å²) in [6.07, 6.45) is 1.71. The molecule has 1 atom stereocenters. The molecule has 1 amide bonds. The van der Waals surface area contributed by atoms with Gasteiger partial charge in [0.15, 0.2) is 0 Å². The average molecular weight is 185 g/mol. The number of aliphatic hydroxyl groups is 1. The van der Waals surface area contributed by atoms with Crippen molar-refractivity contribution in [3.05, 3.63) is 0 Å². The smallest absolute Gasteiger partial charge is 0.226 e. The van der Waals surface area contributed by atoms with Gasteiger partial charge in [-0.1, -0.05) is 0 Å². The van der Waals surface area contributed by atoms with Crippen LogP contribution in [0.1, 0.15) is 19.3 Å². The molecule has 4 nitrogen and oxygen atoms in total. The Kier molecular flexibility index (Phi) is 2.26. The minimum Gasteiger partial charge on any atom is -0.391 e. The topological polar surface area (TPSA) is 58.6 Å². The zero-order valence-electron chi connectivity index (χ0n) is 7.58. The van der Waals surface area contributed by atoms with Gasteiger partial charge in [0.05, 0.1) is 11.5 Å². The number of nitrogens with one attached hydrogen (secondary N) is 1. The average Bonchev–Trinajstić information content (AvgIpc) is 2.14. The van der Waals surface area contributed by atoms with Crippen molar-refractivity contribution < 1.29 is 14.6 Å². The van der Waals surface area contributed by atoms with Crippen molar-refractivity contribution >= 4 is 5.91 Å². The zero-order valence-corrected chi connectivity index (χ0v) is 7.58. The van der Waals surface area contributed by atoms with Crippen LogP contribution in [0.2, 0.25) is 0 Å². The Labute approximate surface area is 77.3 Å². The van der Waals surface area contributed by atoms with Gasteiger partial charge in [-0.2, -0.15) is 0 Å². The van der Waals surface area contributed by atoms with E-state index < -0.39 is 0 Å². The van der Waals surface area contributed by atoms with Crippen molar-refractivity contribution in [2.24, 2.45) is 5.41 Å². The van der Waals surface area contributed by atoms with Crippen molar-refractivity contribution in [1.82, 2.24) is 5.32 Å². The maximum atomic E-state index is 11.6. The molecule has 2 aliphatic heterocycles. The van der Waals surface area contributed by atoms with E-state index >= 15 is 0 Å². The molecule has 0 aromatic rings. The number of hydrogen-bond acceptors (Lipinski definition) is 3. The van der Waals surface area contributed by atoms with E-state index in [-0.39, 0.29) is 17.4 Å². The molecule has 4 heteroatoms. The van der Waals surface area contributed by atoms with Crippen molar-refractivity contribution in [2.45, 2.75) is 25.4 Å². The van der Waals surface area contributed by atoms with Crippen LogP contribution < -0.4 is 5.32 Å². The Morgan fingerprint density at radius 2 is 2.15 bits per heavy atom. The molecule has 2 aliphatic rings. The summed E-state index contributed by atoms with van der Waals surface area (Å²) in [6, 6.07) is 0. The lowest BCUT2D eigenvalue weighted by molar-refractivity contribution is -0.144. The molecule has 0 bridgehead atoms. The molecule has 13 heavy (non-hydrogen) atoms. The summed E-state index contributed by atoms with van der Waals surface area (Å²) >= 11 is 0. The molecular weight excluding hydrogens is 170 g/mol. The molecule has 1 spiro atoms. The van der Waals surface area contributed by atoms with E-state index in [4.69, 9.17) is 4.74 Å². The maximum Gasteiger partial charge on any atom is 0.226 e. The number of β-amino-alcohol motifs (C(OH)–C–C–N with tert-alkyl or cyclic N) is 1. The summed E-state index contributed by atoms with van der Waals surface area (Å²) in [5.41, 5.74) is -0.337. The van der Waals surface area contributed by atoms with Crippen LogP contribution in [0.25, 0.3) is 0 Å². The monoisotopic (exact) mass is 185 g/mol. The van der Waals surface area contributed by atoms with Gasteiger partial charge in [0.25, 0.3) is 0 Å². The van der Waals surface area contributed by atoms with Crippen LogP contribution in [0, 0.1) is 5.41 Å². The lowest BCUT2D eigenvalue weighted by atomic mass is 9.73. The first-order valence-corrected chi connectivity index (χ1v) is 4.77. The summed E-state index contributed by atoms with van der Waals surface area (Å²) in [4.78, 5) is 11.6. The lowest BCUT2D eigenvalue weighted by Gasteiger charge is -2.40. The normalized spacial score (nSPS) is 33.0. The largest absolute Gasteiger partial charge is 0.391 e. The Hall–Kier alpha value is -0.610. The third-order valence-corrected chi connectivity index (χ3v) is 3.06. The SMILES string of the molecule is O=C1NCC(O)CC12CCOCC2. The molecular formula is C9H15NO3. The Morgan fingerprint density at radius 1 is 1.46 bits per heavy atom. The second-order valence-corrected chi connectivity index (χ2v) is 3.96. The summed E-state index contributed by atoms with van der Waals surface area (Å²) in [5.74, 6) is 0.0982. The number of ether oxygens (including phenoxy) is 1. The quantitative estimate of drug-likeness (QED) is 0.543. The number of hydrogen-bond donors (Lipinski definition) is 2. The van der Waals surface area contributed by atoms with Crippen molar-refractivity contribution in [1.29, 1.82) is 0 Å². The molecule has 2 heterocycles. The third-order valence-electron chi connectivity index (χ3n) is 3.06. The van der Waals surface area contributed by atoms with Gasteiger partial charge >= 0.3 is 0 Å². The van der Waals surface area contributed by atoms with Crippen LogP contribution in [0.4, 0.5) is 0 Å². The molecule has 0 saturated carbocycles. The fourth-order valence-electron chi connectivity index (χ4n) is 2.21. The van der Waals surface area contributed by atoms with Gasteiger partial charge in [-0.05, 0) is 19.3 Å². The molecule has 0 aliphatic carbocycles. The van der Waals surface area contributed by atoms with Gasteiger partial charge in [-0.15, -0.1) is 0 Å². The summed E-state index contributed by atoms with van der Waals surface area (Å²) in [6.45, 7) is 1.68. The van der Waals surface area contributed by atoms with E-state index in [1.54, 1.807) is 0 Å². The standard InChI is InChI=1S/C9H15NO3/c11-7-5-9(8(12)10-6-7)1-3-13-4-2-9/h7,11H,1-6H2,(H,10,12). The van der Waals surface area contributed by atoms with E-state index in [0.717, 1.165) is 12.8 Å². The number of carbonyl (C=O) groups excluding carboxylic acids is 1. The lowest BCUT2D eigenvalue weighted by Crippen LogP contribution is -2.53. The molecule has 1 unspecified atom stereocenters. The first-order valence-electron chi connectivity index (χ1n) is 4.77. The molecule has 0 aromatic heterocycles. The van der Waals surface area contributed by atoms with E-state index in [9.17, 15) is 9.90 Å². The Morgan fingerprint density at radius 3 is 2.85 bits per heavy atom. The first kappa shape index (κ1) is 8.97. The fourth-order valence-corrected chi connectivity index (χ4v) is 2.21. The van der Waals surface area contributed by atoms with E-state index in [2.05, 4.69) is 5.32 Å². The predicted octanol–water partition coefficient (Wildman–Crippen LogP) is -0.336. The second-order valence-electron chi connectivity index (χ2n) is 3.96.